The minimum atomic E-state index is 0.365. The largest absolute Gasteiger partial charge is 0.396 e. The molecule has 0 radical (unpaired) electrons. The number of hydrogen-bond acceptors (Lipinski definition) is 3. The molecule has 0 aliphatic heterocycles. The smallest absolute Gasteiger partial charge is 0.0431 e. The molecule has 0 aromatic rings. The fourth-order valence-electron chi connectivity index (χ4n) is 2.15. The van der Waals surface area contributed by atoms with E-state index in [9.17, 15) is 0 Å². The Balaban J connectivity index is -0.000000276. The Hall–Kier alpha value is -0.120. The van der Waals surface area contributed by atoms with Gasteiger partial charge in [0.25, 0.3) is 0 Å². The van der Waals surface area contributed by atoms with E-state index < -0.39 is 0 Å². The molecule has 0 bridgehead atoms. The van der Waals surface area contributed by atoms with Crippen LogP contribution in [-0.4, -0.2) is 35.1 Å². The second-order valence-corrected chi connectivity index (χ2v) is 6.41. The molecule has 0 amide bonds. The number of aliphatic hydroxyl groups is 3. The fraction of sp³-hybridized carbons (Fsp3) is 1.00. The molecular formula is C21H48O3. The summed E-state index contributed by atoms with van der Waals surface area (Å²) in [6.45, 7) is 7.67. The summed E-state index contributed by atoms with van der Waals surface area (Å²) in [5.41, 5.74) is 0. The lowest BCUT2D eigenvalue weighted by molar-refractivity contribution is 0.282. The van der Waals surface area contributed by atoms with Gasteiger partial charge in [0.2, 0.25) is 0 Å². The van der Waals surface area contributed by atoms with Crippen molar-refractivity contribution in [1.82, 2.24) is 0 Å². The lowest BCUT2D eigenvalue weighted by Crippen LogP contribution is -1.81. The van der Waals surface area contributed by atoms with E-state index in [0.717, 1.165) is 19.3 Å². The van der Waals surface area contributed by atoms with Crippen LogP contribution in [0.5, 0.6) is 0 Å². The summed E-state index contributed by atoms with van der Waals surface area (Å²) in [4.78, 5) is 0. The van der Waals surface area contributed by atoms with Crippen LogP contribution in [0.25, 0.3) is 0 Å². The molecule has 0 rings (SSSR count). The van der Waals surface area contributed by atoms with E-state index in [1.165, 1.54) is 77.0 Å². The fourth-order valence-corrected chi connectivity index (χ4v) is 2.15. The van der Waals surface area contributed by atoms with E-state index >= 15 is 0 Å². The molecule has 0 aliphatic carbocycles. The molecule has 0 aromatic carbocycles. The zero-order valence-electron chi connectivity index (χ0n) is 17.1. The molecule has 3 nitrogen and oxygen atoms in total. The van der Waals surface area contributed by atoms with Gasteiger partial charge in [0.15, 0.2) is 0 Å². The van der Waals surface area contributed by atoms with Gasteiger partial charge in [-0.2, -0.15) is 0 Å². The van der Waals surface area contributed by atoms with Gasteiger partial charge in [-0.1, -0.05) is 97.8 Å². The van der Waals surface area contributed by atoms with Crippen molar-refractivity contribution in [2.45, 2.75) is 117 Å². The Kier molecular flexibility index (Phi) is 40.9. The summed E-state index contributed by atoms with van der Waals surface area (Å²) in [6.07, 6.45) is 18.2. The highest BCUT2D eigenvalue weighted by molar-refractivity contribution is 4.40. The van der Waals surface area contributed by atoms with Crippen LogP contribution in [0.15, 0.2) is 0 Å². The topological polar surface area (TPSA) is 60.7 Å². The van der Waals surface area contributed by atoms with Gasteiger partial charge < -0.3 is 15.3 Å². The number of unbranched alkanes of at least 4 members (excludes halogenated alkanes) is 12. The zero-order valence-corrected chi connectivity index (χ0v) is 17.1. The Morgan fingerprint density at radius 2 is 0.542 bits per heavy atom. The van der Waals surface area contributed by atoms with Gasteiger partial charge in [-0.15, -0.1) is 0 Å². The van der Waals surface area contributed by atoms with Gasteiger partial charge in [0.05, 0.1) is 0 Å². The third kappa shape index (κ3) is 43.1. The molecule has 24 heavy (non-hydrogen) atoms. The van der Waals surface area contributed by atoms with Crippen molar-refractivity contribution in [3.63, 3.8) is 0 Å². The second kappa shape index (κ2) is 34.3. The number of aliphatic hydroxyl groups excluding tert-OH is 3. The highest BCUT2D eigenvalue weighted by Gasteiger charge is 1.85. The molecule has 0 atom stereocenters. The number of hydrogen-bond donors (Lipinski definition) is 3. The SMILES string of the molecule is CCCCCCCO.CCCCCCCO.CCCCCCCO. The molecule has 0 spiro atoms. The molecular weight excluding hydrogens is 300 g/mol. The van der Waals surface area contributed by atoms with Crippen LogP contribution in [0.3, 0.4) is 0 Å². The molecule has 0 fully saturated rings. The Morgan fingerprint density at radius 3 is 0.708 bits per heavy atom. The lowest BCUT2D eigenvalue weighted by atomic mass is 10.2. The van der Waals surface area contributed by atoms with Crippen molar-refractivity contribution in [2.24, 2.45) is 0 Å². The molecule has 150 valence electrons. The molecule has 0 heterocycles. The molecule has 0 saturated heterocycles. The van der Waals surface area contributed by atoms with E-state index in [1.54, 1.807) is 0 Å². The predicted octanol–water partition coefficient (Wildman–Crippen LogP) is 5.85. The van der Waals surface area contributed by atoms with Crippen molar-refractivity contribution in [1.29, 1.82) is 0 Å². The van der Waals surface area contributed by atoms with Crippen molar-refractivity contribution in [3.8, 4) is 0 Å². The minimum absolute atomic E-state index is 0.365. The highest BCUT2D eigenvalue weighted by Crippen LogP contribution is 2.01. The van der Waals surface area contributed by atoms with Gasteiger partial charge in [-0.25, -0.2) is 0 Å². The Labute approximate surface area is 152 Å². The van der Waals surface area contributed by atoms with Crippen LogP contribution in [-0.2, 0) is 0 Å². The van der Waals surface area contributed by atoms with E-state index in [4.69, 9.17) is 15.3 Å². The quantitative estimate of drug-likeness (QED) is 0.325. The first-order valence-corrected chi connectivity index (χ1v) is 10.6. The summed E-state index contributed by atoms with van der Waals surface area (Å²) in [6, 6.07) is 0. The van der Waals surface area contributed by atoms with Gasteiger partial charge >= 0.3 is 0 Å². The Morgan fingerprint density at radius 1 is 0.333 bits per heavy atom. The third-order valence-electron chi connectivity index (χ3n) is 3.79. The van der Waals surface area contributed by atoms with Crippen LogP contribution < -0.4 is 0 Å². The molecule has 3 N–H and O–H groups in total. The second-order valence-electron chi connectivity index (χ2n) is 6.41. The standard InChI is InChI=1S/3C7H16O/c3*1-2-3-4-5-6-7-8/h3*8H,2-7H2,1H3. The molecule has 0 saturated carbocycles. The van der Waals surface area contributed by atoms with E-state index in [1.807, 2.05) is 0 Å². The van der Waals surface area contributed by atoms with Crippen LogP contribution in [0.1, 0.15) is 117 Å². The van der Waals surface area contributed by atoms with E-state index in [-0.39, 0.29) is 0 Å². The number of rotatable bonds is 15. The van der Waals surface area contributed by atoms with E-state index in [0.29, 0.717) is 19.8 Å². The van der Waals surface area contributed by atoms with Crippen molar-refractivity contribution in [3.05, 3.63) is 0 Å². The normalized spacial score (nSPS) is 9.75. The first-order chi connectivity index (χ1) is 11.7. The maximum absolute atomic E-state index is 8.37. The van der Waals surface area contributed by atoms with Gasteiger partial charge in [-0.05, 0) is 19.3 Å². The van der Waals surface area contributed by atoms with Crippen LogP contribution in [0.4, 0.5) is 0 Å². The average Bonchev–Trinajstić information content (AvgIpc) is 2.61. The highest BCUT2D eigenvalue weighted by atomic mass is 16.3. The molecule has 3 heteroatoms. The summed E-state index contributed by atoms with van der Waals surface area (Å²) in [7, 11) is 0. The minimum Gasteiger partial charge on any atom is -0.396 e. The molecule has 0 unspecified atom stereocenters. The zero-order chi connectivity index (χ0) is 18.7. The third-order valence-corrected chi connectivity index (χ3v) is 3.79. The summed E-state index contributed by atoms with van der Waals surface area (Å²) in [5.74, 6) is 0. The monoisotopic (exact) mass is 348 g/mol. The van der Waals surface area contributed by atoms with Crippen molar-refractivity contribution < 1.29 is 15.3 Å². The summed E-state index contributed by atoms with van der Waals surface area (Å²) >= 11 is 0. The summed E-state index contributed by atoms with van der Waals surface area (Å²) in [5, 5.41) is 25.1. The first-order valence-electron chi connectivity index (χ1n) is 10.6. The van der Waals surface area contributed by atoms with Crippen molar-refractivity contribution in [2.75, 3.05) is 19.8 Å². The maximum atomic E-state index is 8.37. The van der Waals surface area contributed by atoms with Crippen LogP contribution in [0.2, 0.25) is 0 Å². The van der Waals surface area contributed by atoms with Gasteiger partial charge in [0, 0.05) is 19.8 Å². The molecule has 0 aromatic heterocycles. The maximum Gasteiger partial charge on any atom is 0.0431 e. The van der Waals surface area contributed by atoms with Crippen molar-refractivity contribution >= 4 is 0 Å². The Bertz CT molecular complexity index is 117. The van der Waals surface area contributed by atoms with E-state index in [2.05, 4.69) is 20.8 Å². The first kappa shape index (κ1) is 28.7. The van der Waals surface area contributed by atoms with Gasteiger partial charge in [-0.3, -0.25) is 0 Å². The predicted molar refractivity (Wildman–Crippen MR) is 108 cm³/mol. The van der Waals surface area contributed by atoms with Crippen LogP contribution in [0, 0.1) is 0 Å². The average molecular weight is 349 g/mol. The molecule has 0 aliphatic rings. The van der Waals surface area contributed by atoms with Crippen LogP contribution >= 0.6 is 0 Å². The lowest BCUT2D eigenvalue weighted by Gasteiger charge is -1.93. The van der Waals surface area contributed by atoms with Gasteiger partial charge in [0.1, 0.15) is 0 Å². The summed E-state index contributed by atoms with van der Waals surface area (Å²) < 4.78 is 0.